The van der Waals surface area contributed by atoms with Crippen LogP contribution in [-0.2, 0) is 6.42 Å². The highest BCUT2D eigenvalue weighted by Crippen LogP contribution is 2.18. The van der Waals surface area contributed by atoms with Crippen molar-refractivity contribution in [3.8, 4) is 0 Å². The Bertz CT molecular complexity index is 532. The van der Waals surface area contributed by atoms with E-state index in [1.807, 2.05) is 43.0 Å². The minimum atomic E-state index is -0.649. The lowest BCUT2D eigenvalue weighted by molar-refractivity contribution is 0.0712. The summed E-state index contributed by atoms with van der Waals surface area (Å²) in [4.78, 5) is 17.0. The average molecular weight is 332 g/mol. The van der Waals surface area contributed by atoms with Crippen molar-refractivity contribution in [2.75, 3.05) is 27.2 Å². The molecule has 0 spiro atoms. The van der Waals surface area contributed by atoms with Gasteiger partial charge in [-0.3, -0.25) is 4.79 Å². The van der Waals surface area contributed by atoms with Gasteiger partial charge < -0.3 is 14.9 Å². The topological polar surface area (TPSA) is 43.8 Å². The number of hydrogen-bond donors (Lipinski definition) is 1. The molecule has 1 N–H and O–H groups in total. The molecule has 0 saturated carbocycles. The van der Waals surface area contributed by atoms with Crippen molar-refractivity contribution in [2.24, 2.45) is 0 Å². The fraction of sp³-hybridized carbons (Fsp3) is 0.650. The SMILES string of the molecule is CN(C)C1CCCN(C(=O)c2ccc(CCC(C)(C)O)cc2)CC1. The van der Waals surface area contributed by atoms with E-state index < -0.39 is 5.60 Å². The fourth-order valence-electron chi connectivity index (χ4n) is 3.25. The third kappa shape index (κ3) is 5.60. The number of hydrogen-bond acceptors (Lipinski definition) is 3. The first kappa shape index (κ1) is 18.9. The number of aliphatic hydroxyl groups is 1. The molecule has 1 unspecified atom stereocenters. The summed E-state index contributed by atoms with van der Waals surface area (Å²) in [6, 6.07) is 8.46. The summed E-state index contributed by atoms with van der Waals surface area (Å²) in [5.74, 6) is 0.142. The second kappa shape index (κ2) is 8.13. The first-order valence-corrected chi connectivity index (χ1v) is 9.03. The zero-order chi connectivity index (χ0) is 17.7. The molecule has 1 heterocycles. The van der Waals surface area contributed by atoms with Gasteiger partial charge in [0.1, 0.15) is 0 Å². The molecule has 1 aromatic carbocycles. The monoisotopic (exact) mass is 332 g/mol. The van der Waals surface area contributed by atoms with Gasteiger partial charge in [0.05, 0.1) is 5.60 Å². The van der Waals surface area contributed by atoms with Gasteiger partial charge in [0.15, 0.2) is 0 Å². The van der Waals surface area contributed by atoms with E-state index in [9.17, 15) is 9.90 Å². The van der Waals surface area contributed by atoms with Crippen LogP contribution in [0.5, 0.6) is 0 Å². The van der Waals surface area contributed by atoms with Crippen LogP contribution in [0, 0.1) is 0 Å². The van der Waals surface area contributed by atoms with Crippen molar-refractivity contribution < 1.29 is 9.90 Å². The van der Waals surface area contributed by atoms with E-state index >= 15 is 0 Å². The van der Waals surface area contributed by atoms with Gasteiger partial charge in [-0.05, 0) is 77.7 Å². The number of carbonyl (C=O) groups excluding carboxylic acids is 1. The van der Waals surface area contributed by atoms with E-state index in [1.54, 1.807) is 0 Å². The molecule has 0 aliphatic carbocycles. The highest BCUT2D eigenvalue weighted by molar-refractivity contribution is 5.94. The van der Waals surface area contributed by atoms with Crippen LogP contribution >= 0.6 is 0 Å². The third-order valence-electron chi connectivity index (χ3n) is 4.94. The standard InChI is InChI=1S/C20H32N2O2/c1-20(2,24)13-11-16-7-9-17(10-8-16)19(23)22-14-5-6-18(12-15-22)21(3)4/h7-10,18,24H,5-6,11-15H2,1-4H3. The summed E-state index contributed by atoms with van der Waals surface area (Å²) >= 11 is 0. The predicted octanol–water partition coefficient (Wildman–Crippen LogP) is 2.95. The van der Waals surface area contributed by atoms with Crippen LogP contribution in [0.4, 0.5) is 0 Å². The van der Waals surface area contributed by atoms with Gasteiger partial charge >= 0.3 is 0 Å². The summed E-state index contributed by atoms with van der Waals surface area (Å²) in [6.45, 7) is 5.34. The normalized spacial score (nSPS) is 19.4. The minimum absolute atomic E-state index is 0.142. The summed E-state index contributed by atoms with van der Waals surface area (Å²) in [5, 5.41) is 9.81. The molecule has 1 atom stereocenters. The molecule has 24 heavy (non-hydrogen) atoms. The number of aryl methyl sites for hydroxylation is 1. The van der Waals surface area contributed by atoms with E-state index in [-0.39, 0.29) is 5.91 Å². The summed E-state index contributed by atoms with van der Waals surface area (Å²) in [6.07, 6.45) is 4.82. The van der Waals surface area contributed by atoms with Crippen molar-refractivity contribution >= 4 is 5.91 Å². The molecule has 4 heteroatoms. The maximum Gasteiger partial charge on any atom is 0.253 e. The molecule has 1 aliphatic heterocycles. The number of amides is 1. The second-order valence-electron chi connectivity index (χ2n) is 7.85. The molecule has 134 valence electrons. The molecule has 0 aromatic heterocycles. The zero-order valence-corrected chi connectivity index (χ0v) is 15.6. The Labute approximate surface area is 146 Å². The van der Waals surface area contributed by atoms with E-state index in [0.717, 1.165) is 56.3 Å². The molecular weight excluding hydrogens is 300 g/mol. The maximum absolute atomic E-state index is 12.7. The van der Waals surface area contributed by atoms with Gasteiger partial charge in [-0.1, -0.05) is 12.1 Å². The molecule has 1 aromatic rings. The van der Waals surface area contributed by atoms with Crippen LogP contribution < -0.4 is 0 Å². The number of likely N-dealkylation sites (tertiary alicyclic amines) is 1. The van der Waals surface area contributed by atoms with Gasteiger partial charge in [-0.2, -0.15) is 0 Å². The Morgan fingerprint density at radius 3 is 2.46 bits per heavy atom. The van der Waals surface area contributed by atoms with Crippen LogP contribution in [0.2, 0.25) is 0 Å². The number of rotatable bonds is 5. The molecule has 0 bridgehead atoms. The Balaban J connectivity index is 1.94. The molecule has 2 rings (SSSR count). The van der Waals surface area contributed by atoms with Crippen molar-refractivity contribution in [3.63, 3.8) is 0 Å². The van der Waals surface area contributed by atoms with E-state index in [4.69, 9.17) is 0 Å². The largest absolute Gasteiger partial charge is 0.390 e. The van der Waals surface area contributed by atoms with Crippen LogP contribution in [0.15, 0.2) is 24.3 Å². The van der Waals surface area contributed by atoms with Crippen LogP contribution in [0.3, 0.4) is 0 Å². The predicted molar refractivity (Wildman–Crippen MR) is 98.3 cm³/mol. The Hall–Kier alpha value is -1.39. The molecule has 4 nitrogen and oxygen atoms in total. The average Bonchev–Trinajstić information content (AvgIpc) is 2.78. The first-order valence-electron chi connectivity index (χ1n) is 9.03. The van der Waals surface area contributed by atoms with E-state index in [0.29, 0.717) is 6.04 Å². The van der Waals surface area contributed by atoms with E-state index in [2.05, 4.69) is 19.0 Å². The molecule has 1 saturated heterocycles. The molecule has 0 radical (unpaired) electrons. The highest BCUT2D eigenvalue weighted by Gasteiger charge is 2.22. The third-order valence-corrected chi connectivity index (χ3v) is 4.94. The van der Waals surface area contributed by atoms with Crippen LogP contribution in [-0.4, -0.2) is 59.6 Å². The smallest absolute Gasteiger partial charge is 0.253 e. The lowest BCUT2D eigenvalue weighted by Gasteiger charge is -2.23. The second-order valence-corrected chi connectivity index (χ2v) is 7.85. The summed E-state index contributed by atoms with van der Waals surface area (Å²) < 4.78 is 0. The Kier molecular flexibility index (Phi) is 6.41. The number of benzene rings is 1. The highest BCUT2D eigenvalue weighted by atomic mass is 16.3. The molecular formula is C20H32N2O2. The zero-order valence-electron chi connectivity index (χ0n) is 15.6. The fourth-order valence-corrected chi connectivity index (χ4v) is 3.25. The summed E-state index contributed by atoms with van der Waals surface area (Å²) in [5.41, 5.74) is 1.28. The quantitative estimate of drug-likeness (QED) is 0.901. The lowest BCUT2D eigenvalue weighted by Crippen LogP contribution is -2.33. The van der Waals surface area contributed by atoms with Crippen molar-refractivity contribution in [3.05, 3.63) is 35.4 Å². The Morgan fingerprint density at radius 2 is 1.88 bits per heavy atom. The maximum atomic E-state index is 12.7. The van der Waals surface area contributed by atoms with Crippen LogP contribution in [0.25, 0.3) is 0 Å². The van der Waals surface area contributed by atoms with E-state index in [1.165, 1.54) is 0 Å². The van der Waals surface area contributed by atoms with Crippen LogP contribution in [0.1, 0.15) is 55.5 Å². The molecule has 1 fully saturated rings. The summed E-state index contributed by atoms with van der Waals surface area (Å²) in [7, 11) is 4.24. The Morgan fingerprint density at radius 1 is 1.21 bits per heavy atom. The number of carbonyl (C=O) groups is 1. The first-order chi connectivity index (χ1) is 11.3. The minimum Gasteiger partial charge on any atom is -0.390 e. The molecule has 1 aliphatic rings. The van der Waals surface area contributed by atoms with Gasteiger partial charge in [-0.25, -0.2) is 0 Å². The molecule has 1 amide bonds. The van der Waals surface area contributed by atoms with Gasteiger partial charge in [0.2, 0.25) is 0 Å². The van der Waals surface area contributed by atoms with Crippen molar-refractivity contribution in [1.82, 2.24) is 9.80 Å². The van der Waals surface area contributed by atoms with Crippen molar-refractivity contribution in [2.45, 2.75) is 57.6 Å². The van der Waals surface area contributed by atoms with Gasteiger partial charge in [0.25, 0.3) is 5.91 Å². The van der Waals surface area contributed by atoms with Gasteiger partial charge in [-0.15, -0.1) is 0 Å². The number of nitrogens with zero attached hydrogens (tertiary/aromatic N) is 2. The van der Waals surface area contributed by atoms with Gasteiger partial charge in [0, 0.05) is 24.7 Å². The van der Waals surface area contributed by atoms with Crippen molar-refractivity contribution in [1.29, 1.82) is 0 Å². The lowest BCUT2D eigenvalue weighted by atomic mass is 9.98.